The minimum atomic E-state index is -0.836. The van der Waals surface area contributed by atoms with Crippen LogP contribution in [0.3, 0.4) is 0 Å². The van der Waals surface area contributed by atoms with Crippen LogP contribution in [0.1, 0.15) is 233 Å². The van der Waals surface area contributed by atoms with Crippen LogP contribution in [0.15, 0.2) is 182 Å². The van der Waals surface area contributed by atoms with E-state index in [0.717, 1.165) is 167 Å². The zero-order valence-electron chi connectivity index (χ0n) is 49.6. The second-order valence-electron chi connectivity index (χ2n) is 19.5. The van der Waals surface area contributed by atoms with Crippen molar-refractivity contribution in [1.29, 1.82) is 0 Å². The number of esters is 3. The zero-order valence-corrected chi connectivity index (χ0v) is 49.6. The highest BCUT2D eigenvalue weighted by Gasteiger charge is 2.19. The van der Waals surface area contributed by atoms with Gasteiger partial charge in [0.15, 0.2) is 6.10 Å². The number of rotatable bonds is 53. The molecular formula is C72H110O6. The van der Waals surface area contributed by atoms with Gasteiger partial charge in [-0.3, -0.25) is 14.4 Å². The molecule has 0 fully saturated rings. The second-order valence-corrected chi connectivity index (χ2v) is 19.5. The lowest BCUT2D eigenvalue weighted by Crippen LogP contribution is -2.30. The molecule has 0 aromatic carbocycles. The third kappa shape index (κ3) is 61.4. The van der Waals surface area contributed by atoms with Gasteiger partial charge in [0.25, 0.3) is 0 Å². The number of hydrogen-bond acceptors (Lipinski definition) is 6. The Kier molecular flexibility index (Phi) is 59.5. The number of carbonyl (C=O) groups excluding carboxylic acids is 3. The van der Waals surface area contributed by atoms with Gasteiger partial charge in [-0.15, -0.1) is 0 Å². The SMILES string of the molecule is CC/C=C\C/C=C\C/C=C\C/C=C\C/C=C\C/C=C\C/C=C\C/C=C\CCCCCCC(=O)OCC(COC(=O)CCCCCCC/C=C\C/C=C\CCCC)OC(=O)CCC/C=C\C/C=C\C/C=C\C/C=C\C/C=C\CC. The summed E-state index contributed by atoms with van der Waals surface area (Å²) >= 11 is 0. The third-order valence-corrected chi connectivity index (χ3v) is 12.1. The van der Waals surface area contributed by atoms with E-state index >= 15 is 0 Å². The number of hydrogen-bond donors (Lipinski definition) is 0. The molecule has 78 heavy (non-hydrogen) atoms. The monoisotopic (exact) mass is 1070 g/mol. The fourth-order valence-electron chi connectivity index (χ4n) is 7.57. The van der Waals surface area contributed by atoms with Gasteiger partial charge in [0, 0.05) is 19.3 Å². The van der Waals surface area contributed by atoms with Gasteiger partial charge < -0.3 is 14.2 Å². The summed E-state index contributed by atoms with van der Waals surface area (Å²) in [6, 6.07) is 0. The van der Waals surface area contributed by atoms with Crippen molar-refractivity contribution in [3.8, 4) is 0 Å². The van der Waals surface area contributed by atoms with Crippen molar-refractivity contribution < 1.29 is 28.6 Å². The first-order chi connectivity index (χ1) is 38.5. The summed E-state index contributed by atoms with van der Waals surface area (Å²) in [7, 11) is 0. The molecule has 1 unspecified atom stereocenters. The van der Waals surface area contributed by atoms with E-state index in [1.807, 2.05) is 0 Å². The average molecular weight is 1070 g/mol. The summed E-state index contributed by atoms with van der Waals surface area (Å²) in [4.78, 5) is 38.2. The van der Waals surface area contributed by atoms with Crippen LogP contribution in [0.2, 0.25) is 0 Å². The molecule has 1 atom stereocenters. The third-order valence-electron chi connectivity index (χ3n) is 12.1. The van der Waals surface area contributed by atoms with Crippen molar-refractivity contribution >= 4 is 17.9 Å². The number of carbonyl (C=O) groups is 3. The highest BCUT2D eigenvalue weighted by atomic mass is 16.6. The Hall–Kier alpha value is -5.49. The lowest BCUT2D eigenvalue weighted by Gasteiger charge is -2.18. The molecule has 0 amide bonds. The first kappa shape index (κ1) is 72.5. The van der Waals surface area contributed by atoms with Crippen LogP contribution >= 0.6 is 0 Å². The number of ether oxygens (including phenoxy) is 3. The maximum atomic E-state index is 12.9. The smallest absolute Gasteiger partial charge is 0.306 e. The van der Waals surface area contributed by atoms with Gasteiger partial charge in [0.05, 0.1) is 0 Å². The van der Waals surface area contributed by atoms with Crippen LogP contribution in [0, 0.1) is 0 Å². The van der Waals surface area contributed by atoms with E-state index in [-0.39, 0.29) is 37.5 Å². The molecule has 0 rings (SSSR count). The summed E-state index contributed by atoms with van der Waals surface area (Å²) in [6.45, 7) is 6.27. The van der Waals surface area contributed by atoms with Crippen molar-refractivity contribution in [3.05, 3.63) is 182 Å². The standard InChI is InChI=1S/C72H110O6/c1-4-7-10-13-16-19-22-25-28-30-31-32-33-34-35-36-37-38-39-40-41-43-44-47-50-53-56-59-62-65-71(74)77-68-69(67-76-70(73)64-61-58-55-52-49-46-27-24-21-18-15-12-9-6-3)78-72(75)66-63-60-57-54-51-48-45-42-29-26-23-20-17-14-11-8-5-2/h7-8,10-11,15-20,24-29,31-32,34-35,37-38,40-41,44-45,47-48,54,57,69H,4-6,9,12-14,21-23,30,33,36,39,42-43,46,49-53,55-56,58-68H2,1-3H3/b10-7-,11-8-,18-15-,19-16-,20-17-,27-24-,28-25-,29-26-,32-31-,35-34-,38-37-,41-40-,47-44-,48-45-,57-54-. The maximum Gasteiger partial charge on any atom is 0.306 e. The molecule has 0 aliphatic carbocycles. The normalized spacial score (nSPS) is 13.4. The Balaban J connectivity index is 4.50. The summed E-state index contributed by atoms with van der Waals surface area (Å²) in [5.74, 6) is -1.03. The van der Waals surface area contributed by atoms with Crippen molar-refractivity contribution in [3.63, 3.8) is 0 Å². The van der Waals surface area contributed by atoms with Crippen LogP contribution in [0.4, 0.5) is 0 Å². The molecule has 0 radical (unpaired) electrons. The quantitative estimate of drug-likeness (QED) is 0.0261. The molecule has 6 heteroatoms. The van der Waals surface area contributed by atoms with Crippen molar-refractivity contribution in [2.75, 3.05) is 13.2 Å². The lowest BCUT2D eigenvalue weighted by molar-refractivity contribution is -0.167. The van der Waals surface area contributed by atoms with E-state index in [4.69, 9.17) is 14.2 Å². The van der Waals surface area contributed by atoms with Gasteiger partial charge >= 0.3 is 17.9 Å². The number of allylic oxidation sites excluding steroid dienone is 30. The zero-order chi connectivity index (χ0) is 56.4. The Morgan fingerprint density at radius 2 is 0.513 bits per heavy atom. The van der Waals surface area contributed by atoms with E-state index in [1.54, 1.807) is 0 Å². The van der Waals surface area contributed by atoms with Crippen molar-refractivity contribution in [2.24, 2.45) is 0 Å². The van der Waals surface area contributed by atoms with E-state index in [1.165, 1.54) is 19.3 Å². The van der Waals surface area contributed by atoms with Gasteiger partial charge in [-0.25, -0.2) is 0 Å². The average Bonchev–Trinajstić information content (AvgIpc) is 3.44. The van der Waals surface area contributed by atoms with Crippen LogP contribution in [0.5, 0.6) is 0 Å². The van der Waals surface area contributed by atoms with Gasteiger partial charge in [0.1, 0.15) is 13.2 Å². The van der Waals surface area contributed by atoms with Crippen LogP contribution < -0.4 is 0 Å². The first-order valence-electron chi connectivity index (χ1n) is 30.8. The predicted molar refractivity (Wildman–Crippen MR) is 338 cm³/mol. The van der Waals surface area contributed by atoms with Gasteiger partial charge in [-0.1, -0.05) is 248 Å². The molecule has 434 valence electrons. The molecule has 0 bridgehead atoms. The van der Waals surface area contributed by atoms with E-state index < -0.39 is 6.10 Å². The highest BCUT2D eigenvalue weighted by molar-refractivity contribution is 5.71. The molecule has 0 saturated carbocycles. The molecule has 0 aromatic rings. The van der Waals surface area contributed by atoms with Crippen LogP contribution in [0.25, 0.3) is 0 Å². The minimum absolute atomic E-state index is 0.125. The number of unbranched alkanes of at least 4 members (excludes halogenated alkanes) is 12. The Labute approximate surface area is 478 Å². The topological polar surface area (TPSA) is 78.9 Å². The van der Waals surface area contributed by atoms with Gasteiger partial charge in [-0.2, -0.15) is 0 Å². The summed E-state index contributed by atoms with van der Waals surface area (Å²) < 4.78 is 16.8. The maximum absolute atomic E-state index is 12.9. The summed E-state index contributed by atoms with van der Waals surface area (Å²) in [5, 5.41) is 0. The van der Waals surface area contributed by atoms with E-state index in [2.05, 4.69) is 203 Å². The molecule has 0 spiro atoms. The molecule has 0 aromatic heterocycles. The lowest BCUT2D eigenvalue weighted by atomic mass is 10.1. The largest absolute Gasteiger partial charge is 0.462 e. The van der Waals surface area contributed by atoms with E-state index in [0.29, 0.717) is 19.3 Å². The van der Waals surface area contributed by atoms with Crippen LogP contribution in [-0.4, -0.2) is 37.2 Å². The Morgan fingerprint density at radius 1 is 0.269 bits per heavy atom. The second kappa shape index (κ2) is 64.0. The fraction of sp³-hybridized carbons (Fsp3) is 0.542. The summed E-state index contributed by atoms with van der Waals surface area (Å²) in [5.41, 5.74) is 0. The molecule has 0 saturated heterocycles. The molecule has 0 aliphatic rings. The molecule has 0 heterocycles. The first-order valence-corrected chi connectivity index (χ1v) is 30.8. The Bertz CT molecular complexity index is 1850. The van der Waals surface area contributed by atoms with Crippen molar-refractivity contribution in [2.45, 2.75) is 239 Å². The predicted octanol–water partition coefficient (Wildman–Crippen LogP) is 21.3. The van der Waals surface area contributed by atoms with E-state index in [9.17, 15) is 14.4 Å². The van der Waals surface area contributed by atoms with Gasteiger partial charge in [0.2, 0.25) is 0 Å². The molecule has 6 nitrogen and oxygen atoms in total. The molecule has 0 N–H and O–H groups in total. The van der Waals surface area contributed by atoms with Crippen molar-refractivity contribution in [1.82, 2.24) is 0 Å². The fourth-order valence-corrected chi connectivity index (χ4v) is 7.57. The minimum Gasteiger partial charge on any atom is -0.462 e. The van der Waals surface area contributed by atoms with Crippen LogP contribution in [-0.2, 0) is 28.6 Å². The molecular weight excluding hydrogens is 961 g/mol. The molecule has 0 aliphatic heterocycles. The summed E-state index contributed by atoms with van der Waals surface area (Å²) in [6.07, 6.45) is 96.1. The Morgan fingerprint density at radius 3 is 0.821 bits per heavy atom. The van der Waals surface area contributed by atoms with Gasteiger partial charge in [-0.05, 0) is 148 Å². The highest BCUT2D eigenvalue weighted by Crippen LogP contribution is 2.12.